The van der Waals surface area contributed by atoms with Gasteiger partial charge in [-0.15, -0.1) is 0 Å². The molecule has 1 aliphatic carbocycles. The molecule has 0 radical (unpaired) electrons. The zero-order valence-corrected chi connectivity index (χ0v) is 15.4. The molecule has 0 spiro atoms. The smallest absolute Gasteiger partial charge is 0.410 e. The van der Waals surface area contributed by atoms with E-state index in [1.54, 1.807) is 0 Å². The summed E-state index contributed by atoms with van der Waals surface area (Å²) in [5.41, 5.74) is -0.454. The molecule has 4 atom stereocenters. The lowest BCUT2D eigenvalue weighted by molar-refractivity contribution is -0.134. The highest BCUT2D eigenvalue weighted by molar-refractivity contribution is 5.82. The van der Waals surface area contributed by atoms with Crippen molar-refractivity contribution >= 4 is 12.0 Å². The lowest BCUT2D eigenvalue weighted by atomic mass is 9.84. The third-order valence-electron chi connectivity index (χ3n) is 5.53. The number of amides is 2. The van der Waals surface area contributed by atoms with Crippen LogP contribution in [0.15, 0.2) is 0 Å². The van der Waals surface area contributed by atoms with E-state index in [0.29, 0.717) is 18.0 Å². The summed E-state index contributed by atoms with van der Waals surface area (Å²) in [6.45, 7) is 7.32. The maximum absolute atomic E-state index is 12.4. The van der Waals surface area contributed by atoms with Crippen molar-refractivity contribution in [2.24, 2.45) is 5.92 Å². The van der Waals surface area contributed by atoms with Gasteiger partial charge in [0.15, 0.2) is 0 Å². The normalized spacial score (nSPS) is 33.8. The quantitative estimate of drug-likeness (QED) is 0.837. The summed E-state index contributed by atoms with van der Waals surface area (Å²) < 4.78 is 5.55. The van der Waals surface area contributed by atoms with Crippen molar-refractivity contribution in [1.29, 1.82) is 0 Å². The standard InChI is InChI=1S/C18H31N3O3/c1-18(2,3)24-17(23)21-11-12-10-13(21)7-8-14(12)19-15-6-5-9-20(4)16(15)22/h12-15,19H,5-11H2,1-4H3. The van der Waals surface area contributed by atoms with E-state index < -0.39 is 5.60 Å². The number of fused-ring (bicyclic) bond motifs is 2. The van der Waals surface area contributed by atoms with E-state index in [9.17, 15) is 9.59 Å². The zero-order valence-electron chi connectivity index (χ0n) is 15.4. The first kappa shape index (κ1) is 17.5. The zero-order chi connectivity index (χ0) is 17.5. The van der Waals surface area contributed by atoms with E-state index in [-0.39, 0.29) is 18.0 Å². The number of hydrogen-bond acceptors (Lipinski definition) is 4. The maximum Gasteiger partial charge on any atom is 0.410 e. The first-order chi connectivity index (χ1) is 11.2. The molecule has 3 rings (SSSR count). The number of carbonyl (C=O) groups is 2. The fourth-order valence-corrected chi connectivity index (χ4v) is 4.33. The topological polar surface area (TPSA) is 61.9 Å². The Morgan fingerprint density at radius 2 is 2.00 bits per heavy atom. The van der Waals surface area contributed by atoms with E-state index in [1.165, 1.54) is 0 Å². The molecule has 3 aliphatic rings. The van der Waals surface area contributed by atoms with Gasteiger partial charge >= 0.3 is 6.09 Å². The molecule has 2 saturated heterocycles. The fraction of sp³-hybridized carbons (Fsp3) is 0.889. The van der Waals surface area contributed by atoms with Gasteiger partial charge in [-0.2, -0.15) is 0 Å². The van der Waals surface area contributed by atoms with Crippen LogP contribution in [0.3, 0.4) is 0 Å². The molecule has 2 aliphatic heterocycles. The summed E-state index contributed by atoms with van der Waals surface area (Å²) >= 11 is 0. The van der Waals surface area contributed by atoms with Gasteiger partial charge in [0.2, 0.25) is 5.91 Å². The molecule has 2 bridgehead atoms. The number of likely N-dealkylation sites (N-methyl/N-ethyl adjacent to an activating group) is 1. The second kappa shape index (κ2) is 6.54. The lowest BCUT2D eigenvalue weighted by Crippen LogP contribution is -2.54. The summed E-state index contributed by atoms with van der Waals surface area (Å²) in [5.74, 6) is 0.640. The van der Waals surface area contributed by atoms with E-state index in [2.05, 4.69) is 5.32 Å². The van der Waals surface area contributed by atoms with E-state index >= 15 is 0 Å². The Kier molecular flexibility index (Phi) is 4.78. The van der Waals surface area contributed by atoms with Gasteiger partial charge in [-0.25, -0.2) is 4.79 Å². The third kappa shape index (κ3) is 3.68. The molecular weight excluding hydrogens is 306 g/mol. The molecular formula is C18H31N3O3. The van der Waals surface area contributed by atoms with Gasteiger partial charge in [-0.3, -0.25) is 4.79 Å². The first-order valence-electron chi connectivity index (χ1n) is 9.25. The van der Waals surface area contributed by atoms with Crippen molar-refractivity contribution < 1.29 is 14.3 Å². The predicted octanol–water partition coefficient (Wildman–Crippen LogP) is 1.98. The lowest BCUT2D eigenvalue weighted by Gasteiger charge is -2.36. The SMILES string of the molecule is CN1CCCC(NC2CCC3CC2CN3C(=O)OC(C)(C)C)C1=O. The number of piperidine rings is 1. The summed E-state index contributed by atoms with van der Waals surface area (Å²) in [7, 11) is 1.88. The molecule has 2 amide bonds. The minimum atomic E-state index is -0.454. The molecule has 0 aromatic rings. The van der Waals surface area contributed by atoms with Gasteiger partial charge < -0.3 is 19.9 Å². The average Bonchev–Trinajstić information content (AvgIpc) is 2.83. The Morgan fingerprint density at radius 3 is 2.71 bits per heavy atom. The number of rotatable bonds is 2. The van der Waals surface area contributed by atoms with Crippen LogP contribution in [-0.2, 0) is 9.53 Å². The molecule has 6 nitrogen and oxygen atoms in total. The van der Waals surface area contributed by atoms with Crippen molar-refractivity contribution in [3.8, 4) is 0 Å². The van der Waals surface area contributed by atoms with Gasteiger partial charge in [0.05, 0.1) is 6.04 Å². The number of ether oxygens (including phenoxy) is 1. The fourth-order valence-electron chi connectivity index (χ4n) is 4.33. The molecule has 136 valence electrons. The molecule has 0 aromatic carbocycles. The van der Waals surface area contributed by atoms with Crippen LogP contribution in [-0.4, -0.2) is 65.7 Å². The van der Waals surface area contributed by atoms with E-state index in [4.69, 9.17) is 4.74 Å². The molecule has 4 unspecified atom stereocenters. The highest BCUT2D eigenvalue weighted by Crippen LogP contribution is 2.37. The second-order valence-electron chi connectivity index (χ2n) is 8.59. The van der Waals surface area contributed by atoms with Crippen LogP contribution in [0.25, 0.3) is 0 Å². The van der Waals surface area contributed by atoms with Gasteiger partial charge in [-0.1, -0.05) is 0 Å². The van der Waals surface area contributed by atoms with Gasteiger partial charge in [0.25, 0.3) is 0 Å². The number of nitrogens with one attached hydrogen (secondary N) is 1. The Morgan fingerprint density at radius 1 is 1.25 bits per heavy atom. The molecule has 0 aromatic heterocycles. The van der Waals surface area contributed by atoms with Crippen molar-refractivity contribution in [2.45, 2.75) is 76.6 Å². The van der Waals surface area contributed by atoms with Crippen LogP contribution in [0, 0.1) is 5.92 Å². The first-order valence-corrected chi connectivity index (χ1v) is 9.25. The van der Waals surface area contributed by atoms with Crippen LogP contribution in [0.4, 0.5) is 4.79 Å². The second-order valence-corrected chi connectivity index (χ2v) is 8.59. The number of likely N-dealkylation sites (tertiary alicyclic amines) is 2. The molecule has 2 heterocycles. The van der Waals surface area contributed by atoms with Crippen molar-refractivity contribution in [3.05, 3.63) is 0 Å². The van der Waals surface area contributed by atoms with E-state index in [0.717, 1.165) is 45.2 Å². The minimum Gasteiger partial charge on any atom is -0.444 e. The number of carbonyl (C=O) groups excluding carboxylic acids is 2. The van der Waals surface area contributed by atoms with Gasteiger partial charge in [-0.05, 0) is 58.8 Å². The van der Waals surface area contributed by atoms with Crippen molar-refractivity contribution in [1.82, 2.24) is 15.1 Å². The maximum atomic E-state index is 12.4. The number of nitrogens with zero attached hydrogens (tertiary/aromatic N) is 2. The van der Waals surface area contributed by atoms with Crippen molar-refractivity contribution in [3.63, 3.8) is 0 Å². The summed E-state index contributed by atoms with van der Waals surface area (Å²) in [6, 6.07) is 0.572. The summed E-state index contributed by atoms with van der Waals surface area (Å²) in [5, 5.41) is 3.60. The van der Waals surface area contributed by atoms with Gasteiger partial charge in [0, 0.05) is 32.2 Å². The molecule has 1 N–H and O–H groups in total. The highest BCUT2D eigenvalue weighted by atomic mass is 16.6. The average molecular weight is 337 g/mol. The monoisotopic (exact) mass is 337 g/mol. The van der Waals surface area contributed by atoms with Crippen LogP contribution in [0.5, 0.6) is 0 Å². The molecule has 6 heteroatoms. The Labute approximate surface area is 144 Å². The Balaban J connectivity index is 1.59. The third-order valence-corrected chi connectivity index (χ3v) is 5.53. The van der Waals surface area contributed by atoms with Crippen LogP contribution in [0.2, 0.25) is 0 Å². The van der Waals surface area contributed by atoms with Crippen LogP contribution in [0.1, 0.15) is 52.9 Å². The van der Waals surface area contributed by atoms with Crippen LogP contribution < -0.4 is 5.32 Å². The van der Waals surface area contributed by atoms with Crippen LogP contribution >= 0.6 is 0 Å². The molecule has 3 fully saturated rings. The summed E-state index contributed by atoms with van der Waals surface area (Å²) in [4.78, 5) is 28.5. The summed E-state index contributed by atoms with van der Waals surface area (Å²) in [6.07, 6.45) is 4.83. The Hall–Kier alpha value is -1.30. The highest BCUT2D eigenvalue weighted by Gasteiger charge is 2.45. The number of hydrogen-bond donors (Lipinski definition) is 1. The van der Waals surface area contributed by atoms with Crippen molar-refractivity contribution in [2.75, 3.05) is 20.1 Å². The largest absolute Gasteiger partial charge is 0.444 e. The molecule has 24 heavy (non-hydrogen) atoms. The molecule has 1 saturated carbocycles. The Bertz CT molecular complexity index is 502. The predicted molar refractivity (Wildman–Crippen MR) is 91.7 cm³/mol. The minimum absolute atomic E-state index is 0.0547. The van der Waals surface area contributed by atoms with Gasteiger partial charge in [0.1, 0.15) is 5.60 Å². The van der Waals surface area contributed by atoms with E-state index in [1.807, 2.05) is 37.6 Å².